The van der Waals surface area contributed by atoms with E-state index in [0.717, 1.165) is 22.0 Å². The van der Waals surface area contributed by atoms with Crippen LogP contribution in [-0.4, -0.2) is 10.7 Å². The van der Waals surface area contributed by atoms with Crippen molar-refractivity contribution in [2.24, 2.45) is 4.99 Å². The number of aromatic nitrogens is 1. The number of hydrogen-bond acceptors (Lipinski definition) is 2. The summed E-state index contributed by atoms with van der Waals surface area (Å²) in [5.41, 5.74) is 2.94. The van der Waals surface area contributed by atoms with Crippen LogP contribution in [0.3, 0.4) is 0 Å². The van der Waals surface area contributed by atoms with E-state index in [1.807, 2.05) is 43.3 Å². The number of aliphatic imine (C=N–C) groups is 1. The number of nitrogens with zero attached hydrogens (tertiary/aromatic N) is 2. The van der Waals surface area contributed by atoms with Gasteiger partial charge in [-0.05, 0) is 48.9 Å². The molecule has 1 heterocycles. The molecule has 0 radical (unpaired) electrons. The Bertz CT molecular complexity index is 489. The molecule has 0 aliphatic heterocycles. The molecular weight excluding hydrogens is 220 g/mol. The number of benzene rings is 1. The van der Waals surface area contributed by atoms with Crippen LogP contribution in [0.4, 0.5) is 5.69 Å². The molecular formula is C13H11ClN2. The fourth-order valence-electron chi connectivity index (χ4n) is 1.37. The normalized spacial score (nSPS) is 11.5. The van der Waals surface area contributed by atoms with Crippen molar-refractivity contribution in [3.8, 4) is 0 Å². The maximum Gasteiger partial charge on any atom is 0.0634 e. The SMILES string of the molecule is CC(=Nc1ccc(Cl)cc1)c1ccncc1. The second kappa shape index (κ2) is 4.90. The Labute approximate surface area is 99.6 Å². The summed E-state index contributed by atoms with van der Waals surface area (Å²) in [6.07, 6.45) is 3.52. The summed E-state index contributed by atoms with van der Waals surface area (Å²) in [7, 11) is 0. The van der Waals surface area contributed by atoms with Crippen LogP contribution in [0.5, 0.6) is 0 Å². The van der Waals surface area contributed by atoms with E-state index < -0.39 is 0 Å². The second-order valence-corrected chi connectivity index (χ2v) is 3.85. The second-order valence-electron chi connectivity index (χ2n) is 3.41. The summed E-state index contributed by atoms with van der Waals surface area (Å²) in [6, 6.07) is 11.3. The summed E-state index contributed by atoms with van der Waals surface area (Å²) in [6.45, 7) is 1.98. The van der Waals surface area contributed by atoms with Gasteiger partial charge in [0, 0.05) is 23.1 Å². The van der Waals surface area contributed by atoms with Crippen LogP contribution in [0.2, 0.25) is 5.02 Å². The molecule has 0 fully saturated rings. The molecule has 0 spiro atoms. The lowest BCUT2D eigenvalue weighted by Crippen LogP contribution is -1.93. The third-order valence-corrected chi connectivity index (χ3v) is 2.47. The van der Waals surface area contributed by atoms with Gasteiger partial charge in [-0.2, -0.15) is 0 Å². The van der Waals surface area contributed by atoms with Gasteiger partial charge in [-0.25, -0.2) is 0 Å². The van der Waals surface area contributed by atoms with Crippen molar-refractivity contribution in [1.82, 2.24) is 4.98 Å². The van der Waals surface area contributed by atoms with Crippen LogP contribution in [0.25, 0.3) is 0 Å². The summed E-state index contributed by atoms with van der Waals surface area (Å²) in [4.78, 5) is 8.47. The maximum absolute atomic E-state index is 5.81. The molecule has 0 aliphatic carbocycles. The predicted molar refractivity (Wildman–Crippen MR) is 67.6 cm³/mol. The quantitative estimate of drug-likeness (QED) is 0.719. The van der Waals surface area contributed by atoms with Gasteiger partial charge < -0.3 is 0 Å². The van der Waals surface area contributed by atoms with E-state index >= 15 is 0 Å². The number of hydrogen-bond donors (Lipinski definition) is 0. The maximum atomic E-state index is 5.81. The Morgan fingerprint density at radius 2 is 1.69 bits per heavy atom. The molecule has 0 bridgehead atoms. The minimum atomic E-state index is 0.723. The summed E-state index contributed by atoms with van der Waals surface area (Å²) < 4.78 is 0. The average Bonchev–Trinajstić information content (AvgIpc) is 2.33. The molecule has 0 N–H and O–H groups in total. The highest BCUT2D eigenvalue weighted by Gasteiger charge is 1.96. The van der Waals surface area contributed by atoms with Crippen molar-refractivity contribution >= 4 is 23.0 Å². The zero-order valence-electron chi connectivity index (χ0n) is 8.89. The van der Waals surface area contributed by atoms with Gasteiger partial charge in [-0.15, -0.1) is 0 Å². The highest BCUT2D eigenvalue weighted by Crippen LogP contribution is 2.17. The van der Waals surface area contributed by atoms with Gasteiger partial charge in [-0.1, -0.05) is 11.6 Å². The van der Waals surface area contributed by atoms with Gasteiger partial charge in [-0.3, -0.25) is 9.98 Å². The van der Waals surface area contributed by atoms with Crippen LogP contribution >= 0.6 is 11.6 Å². The molecule has 1 aromatic carbocycles. The molecule has 0 saturated carbocycles. The summed E-state index contributed by atoms with van der Waals surface area (Å²) in [5, 5.41) is 0.723. The number of pyridine rings is 1. The lowest BCUT2D eigenvalue weighted by molar-refractivity contribution is 1.32. The lowest BCUT2D eigenvalue weighted by Gasteiger charge is -2.00. The van der Waals surface area contributed by atoms with Crippen LogP contribution < -0.4 is 0 Å². The van der Waals surface area contributed by atoms with Gasteiger partial charge in [0.05, 0.1) is 5.69 Å². The van der Waals surface area contributed by atoms with Crippen molar-refractivity contribution in [3.05, 3.63) is 59.4 Å². The van der Waals surface area contributed by atoms with Crippen molar-refractivity contribution in [2.75, 3.05) is 0 Å². The van der Waals surface area contributed by atoms with E-state index in [1.54, 1.807) is 12.4 Å². The molecule has 0 atom stereocenters. The minimum absolute atomic E-state index is 0.723. The molecule has 2 rings (SSSR count). The predicted octanol–water partition coefficient (Wildman–Crippen LogP) is 3.88. The standard InChI is InChI=1S/C13H11ClN2/c1-10(11-6-8-15-9-7-11)16-13-4-2-12(14)3-5-13/h2-9H,1H3. The van der Waals surface area contributed by atoms with E-state index in [-0.39, 0.29) is 0 Å². The molecule has 80 valence electrons. The smallest absolute Gasteiger partial charge is 0.0634 e. The first-order valence-corrected chi connectivity index (χ1v) is 5.35. The monoisotopic (exact) mass is 230 g/mol. The lowest BCUT2D eigenvalue weighted by atomic mass is 10.2. The van der Waals surface area contributed by atoms with Crippen LogP contribution in [0.1, 0.15) is 12.5 Å². The topological polar surface area (TPSA) is 25.2 Å². The Morgan fingerprint density at radius 3 is 2.31 bits per heavy atom. The van der Waals surface area contributed by atoms with E-state index in [0.29, 0.717) is 0 Å². The van der Waals surface area contributed by atoms with Gasteiger partial charge in [0.1, 0.15) is 0 Å². The average molecular weight is 231 g/mol. The Hall–Kier alpha value is -1.67. The fourth-order valence-corrected chi connectivity index (χ4v) is 1.49. The first kappa shape index (κ1) is 10.8. The third-order valence-electron chi connectivity index (χ3n) is 2.22. The van der Waals surface area contributed by atoms with Gasteiger partial charge in [0.25, 0.3) is 0 Å². The Kier molecular flexibility index (Phi) is 3.32. The molecule has 1 aromatic heterocycles. The Morgan fingerprint density at radius 1 is 1.06 bits per heavy atom. The minimum Gasteiger partial charge on any atom is -0.265 e. The largest absolute Gasteiger partial charge is 0.265 e. The Balaban J connectivity index is 2.28. The van der Waals surface area contributed by atoms with E-state index in [9.17, 15) is 0 Å². The van der Waals surface area contributed by atoms with Crippen LogP contribution in [-0.2, 0) is 0 Å². The zero-order valence-corrected chi connectivity index (χ0v) is 9.65. The van der Waals surface area contributed by atoms with Gasteiger partial charge in [0.15, 0.2) is 0 Å². The first-order chi connectivity index (χ1) is 7.75. The molecule has 0 amide bonds. The summed E-state index contributed by atoms with van der Waals surface area (Å²) in [5.74, 6) is 0. The van der Waals surface area contributed by atoms with Crippen molar-refractivity contribution in [1.29, 1.82) is 0 Å². The van der Waals surface area contributed by atoms with E-state index in [1.165, 1.54) is 0 Å². The molecule has 0 unspecified atom stereocenters. The van der Waals surface area contributed by atoms with Crippen molar-refractivity contribution in [2.45, 2.75) is 6.92 Å². The van der Waals surface area contributed by atoms with Gasteiger partial charge in [0.2, 0.25) is 0 Å². The van der Waals surface area contributed by atoms with Crippen LogP contribution in [0, 0.1) is 0 Å². The molecule has 0 saturated heterocycles. The van der Waals surface area contributed by atoms with E-state index in [2.05, 4.69) is 9.98 Å². The van der Waals surface area contributed by atoms with E-state index in [4.69, 9.17) is 11.6 Å². The first-order valence-electron chi connectivity index (χ1n) is 4.97. The van der Waals surface area contributed by atoms with Crippen molar-refractivity contribution in [3.63, 3.8) is 0 Å². The third kappa shape index (κ3) is 2.67. The molecule has 16 heavy (non-hydrogen) atoms. The molecule has 2 nitrogen and oxygen atoms in total. The van der Waals surface area contributed by atoms with Crippen molar-refractivity contribution < 1.29 is 0 Å². The number of rotatable bonds is 2. The highest BCUT2D eigenvalue weighted by atomic mass is 35.5. The molecule has 0 aliphatic rings. The molecule has 2 aromatic rings. The number of halogens is 1. The summed E-state index contributed by atoms with van der Waals surface area (Å²) >= 11 is 5.81. The van der Waals surface area contributed by atoms with Crippen LogP contribution in [0.15, 0.2) is 53.8 Å². The van der Waals surface area contributed by atoms with Gasteiger partial charge >= 0.3 is 0 Å². The zero-order chi connectivity index (χ0) is 11.4. The fraction of sp³-hybridized carbons (Fsp3) is 0.0769. The highest BCUT2D eigenvalue weighted by molar-refractivity contribution is 6.30. The molecule has 3 heteroatoms.